The van der Waals surface area contributed by atoms with E-state index in [0.29, 0.717) is 12.5 Å². The Kier molecular flexibility index (Phi) is 5.51. The van der Waals surface area contributed by atoms with Gasteiger partial charge in [0.1, 0.15) is 0 Å². The van der Waals surface area contributed by atoms with Gasteiger partial charge in [-0.15, -0.1) is 0 Å². The Bertz CT molecular complexity index is 110. The van der Waals surface area contributed by atoms with E-state index in [-0.39, 0.29) is 5.60 Å². The van der Waals surface area contributed by atoms with Crippen LogP contribution in [-0.4, -0.2) is 24.4 Å². The quantitative estimate of drug-likeness (QED) is 0.669. The Morgan fingerprint density at radius 1 is 1.33 bits per heavy atom. The van der Waals surface area contributed by atoms with E-state index in [4.69, 9.17) is 9.84 Å². The SMILES string of the molecule is COC(C)(C)CCC(C)CCO. The first-order valence-corrected chi connectivity index (χ1v) is 4.68. The summed E-state index contributed by atoms with van der Waals surface area (Å²) in [6.07, 6.45) is 3.09. The van der Waals surface area contributed by atoms with E-state index in [0.717, 1.165) is 19.3 Å². The summed E-state index contributed by atoms with van der Waals surface area (Å²) < 4.78 is 5.30. The van der Waals surface area contributed by atoms with Gasteiger partial charge >= 0.3 is 0 Å². The van der Waals surface area contributed by atoms with Gasteiger partial charge in [-0.3, -0.25) is 0 Å². The van der Waals surface area contributed by atoms with Crippen LogP contribution in [0.15, 0.2) is 0 Å². The van der Waals surface area contributed by atoms with Crippen molar-refractivity contribution in [3.63, 3.8) is 0 Å². The first-order chi connectivity index (χ1) is 5.52. The minimum absolute atomic E-state index is 0.0102. The van der Waals surface area contributed by atoms with Crippen LogP contribution in [0.25, 0.3) is 0 Å². The lowest BCUT2D eigenvalue weighted by atomic mass is 9.94. The second kappa shape index (κ2) is 5.55. The van der Waals surface area contributed by atoms with Gasteiger partial charge in [0.15, 0.2) is 0 Å². The van der Waals surface area contributed by atoms with Crippen molar-refractivity contribution >= 4 is 0 Å². The number of ether oxygens (including phenoxy) is 1. The molecular weight excluding hydrogens is 152 g/mol. The van der Waals surface area contributed by atoms with Crippen molar-refractivity contribution < 1.29 is 9.84 Å². The van der Waals surface area contributed by atoms with E-state index in [2.05, 4.69) is 20.8 Å². The Hall–Kier alpha value is -0.0800. The third kappa shape index (κ3) is 5.56. The molecule has 0 radical (unpaired) electrons. The van der Waals surface area contributed by atoms with Crippen molar-refractivity contribution in [1.29, 1.82) is 0 Å². The summed E-state index contributed by atoms with van der Waals surface area (Å²) in [5.41, 5.74) is -0.0102. The highest BCUT2D eigenvalue weighted by Crippen LogP contribution is 2.20. The molecule has 0 aliphatic carbocycles. The third-order valence-electron chi connectivity index (χ3n) is 2.41. The van der Waals surface area contributed by atoms with Crippen LogP contribution >= 0.6 is 0 Å². The maximum absolute atomic E-state index is 8.69. The predicted molar refractivity (Wildman–Crippen MR) is 51.2 cm³/mol. The molecule has 2 heteroatoms. The van der Waals surface area contributed by atoms with Crippen molar-refractivity contribution in [3.8, 4) is 0 Å². The second-order valence-corrected chi connectivity index (χ2v) is 4.12. The lowest BCUT2D eigenvalue weighted by molar-refractivity contribution is 0.0101. The second-order valence-electron chi connectivity index (χ2n) is 4.12. The summed E-state index contributed by atoms with van der Waals surface area (Å²) in [5.74, 6) is 0.601. The normalized spacial score (nSPS) is 14.8. The van der Waals surface area contributed by atoms with E-state index < -0.39 is 0 Å². The van der Waals surface area contributed by atoms with Crippen LogP contribution in [-0.2, 0) is 4.74 Å². The van der Waals surface area contributed by atoms with Crippen LogP contribution in [0, 0.1) is 5.92 Å². The highest BCUT2D eigenvalue weighted by molar-refractivity contribution is 4.69. The molecule has 74 valence electrons. The standard InChI is InChI=1S/C10H22O2/c1-9(6-8-11)5-7-10(2,3)12-4/h9,11H,5-8H2,1-4H3. The van der Waals surface area contributed by atoms with Crippen LogP contribution in [0.1, 0.15) is 40.0 Å². The molecule has 1 N–H and O–H groups in total. The molecular formula is C10H22O2. The van der Waals surface area contributed by atoms with E-state index >= 15 is 0 Å². The largest absolute Gasteiger partial charge is 0.396 e. The number of aliphatic hydroxyl groups is 1. The minimum Gasteiger partial charge on any atom is -0.396 e. The summed E-state index contributed by atoms with van der Waals surface area (Å²) >= 11 is 0. The third-order valence-corrected chi connectivity index (χ3v) is 2.41. The van der Waals surface area contributed by atoms with Gasteiger partial charge in [0.05, 0.1) is 5.60 Å². The molecule has 0 aliphatic heterocycles. The van der Waals surface area contributed by atoms with Gasteiger partial charge in [0.25, 0.3) is 0 Å². The fourth-order valence-electron chi connectivity index (χ4n) is 1.06. The Labute approximate surface area is 75.9 Å². The zero-order valence-corrected chi connectivity index (χ0v) is 8.76. The molecule has 0 saturated carbocycles. The summed E-state index contributed by atoms with van der Waals surface area (Å²) in [4.78, 5) is 0. The lowest BCUT2D eigenvalue weighted by Crippen LogP contribution is -2.23. The fraction of sp³-hybridized carbons (Fsp3) is 1.00. The summed E-state index contributed by atoms with van der Waals surface area (Å²) in [6.45, 7) is 6.66. The van der Waals surface area contributed by atoms with Gasteiger partial charge < -0.3 is 9.84 Å². The summed E-state index contributed by atoms with van der Waals surface area (Å²) in [7, 11) is 1.75. The minimum atomic E-state index is -0.0102. The van der Waals surface area contributed by atoms with Crippen molar-refractivity contribution in [2.45, 2.75) is 45.6 Å². The van der Waals surface area contributed by atoms with Gasteiger partial charge in [-0.1, -0.05) is 6.92 Å². The molecule has 0 spiro atoms. The molecule has 0 aromatic heterocycles. The molecule has 1 atom stereocenters. The Morgan fingerprint density at radius 2 is 1.92 bits per heavy atom. The van der Waals surface area contributed by atoms with Gasteiger partial charge in [0.2, 0.25) is 0 Å². The number of hydrogen-bond donors (Lipinski definition) is 1. The molecule has 0 aromatic rings. The van der Waals surface area contributed by atoms with Crippen LogP contribution in [0.5, 0.6) is 0 Å². The number of methoxy groups -OCH3 is 1. The Balaban J connectivity index is 3.52. The highest BCUT2D eigenvalue weighted by atomic mass is 16.5. The van der Waals surface area contributed by atoms with E-state index in [1.165, 1.54) is 0 Å². The number of hydrogen-bond acceptors (Lipinski definition) is 2. The van der Waals surface area contributed by atoms with Gasteiger partial charge in [-0.2, -0.15) is 0 Å². The van der Waals surface area contributed by atoms with Crippen molar-refractivity contribution in [1.82, 2.24) is 0 Å². The first kappa shape index (κ1) is 11.9. The van der Waals surface area contributed by atoms with Gasteiger partial charge in [-0.05, 0) is 39.0 Å². The van der Waals surface area contributed by atoms with Crippen LogP contribution < -0.4 is 0 Å². The molecule has 1 unspecified atom stereocenters. The van der Waals surface area contributed by atoms with Crippen molar-refractivity contribution in [3.05, 3.63) is 0 Å². The van der Waals surface area contributed by atoms with E-state index in [1.807, 2.05) is 0 Å². The lowest BCUT2D eigenvalue weighted by Gasteiger charge is -2.24. The zero-order valence-electron chi connectivity index (χ0n) is 8.76. The molecule has 0 fully saturated rings. The molecule has 0 aromatic carbocycles. The van der Waals surface area contributed by atoms with Crippen molar-refractivity contribution in [2.75, 3.05) is 13.7 Å². The van der Waals surface area contributed by atoms with Crippen molar-refractivity contribution in [2.24, 2.45) is 5.92 Å². The predicted octanol–water partition coefficient (Wildman–Crippen LogP) is 2.21. The van der Waals surface area contributed by atoms with Crippen LogP contribution in [0.3, 0.4) is 0 Å². The molecule has 12 heavy (non-hydrogen) atoms. The van der Waals surface area contributed by atoms with E-state index in [1.54, 1.807) is 7.11 Å². The molecule has 0 bridgehead atoms. The average molecular weight is 174 g/mol. The smallest absolute Gasteiger partial charge is 0.0622 e. The fourth-order valence-corrected chi connectivity index (χ4v) is 1.06. The van der Waals surface area contributed by atoms with Gasteiger partial charge in [0, 0.05) is 13.7 Å². The number of aliphatic hydroxyl groups excluding tert-OH is 1. The summed E-state index contributed by atoms with van der Waals surface area (Å²) in [6, 6.07) is 0. The molecule has 0 heterocycles. The topological polar surface area (TPSA) is 29.5 Å². The average Bonchev–Trinajstić information content (AvgIpc) is 2.02. The van der Waals surface area contributed by atoms with Crippen LogP contribution in [0.2, 0.25) is 0 Å². The molecule has 2 nitrogen and oxygen atoms in total. The molecule has 0 saturated heterocycles. The van der Waals surface area contributed by atoms with Gasteiger partial charge in [-0.25, -0.2) is 0 Å². The zero-order chi connectivity index (χ0) is 9.61. The summed E-state index contributed by atoms with van der Waals surface area (Å²) in [5, 5.41) is 8.69. The highest BCUT2D eigenvalue weighted by Gasteiger charge is 2.16. The maximum Gasteiger partial charge on any atom is 0.0622 e. The maximum atomic E-state index is 8.69. The number of rotatable bonds is 6. The van der Waals surface area contributed by atoms with E-state index in [9.17, 15) is 0 Å². The Morgan fingerprint density at radius 3 is 2.33 bits per heavy atom. The first-order valence-electron chi connectivity index (χ1n) is 4.68. The van der Waals surface area contributed by atoms with Crippen LogP contribution in [0.4, 0.5) is 0 Å². The molecule has 0 amide bonds. The molecule has 0 aliphatic rings. The molecule has 0 rings (SSSR count). The monoisotopic (exact) mass is 174 g/mol.